The van der Waals surface area contributed by atoms with Crippen LogP contribution in [0.4, 0.5) is 5.82 Å². The summed E-state index contributed by atoms with van der Waals surface area (Å²) >= 11 is 0. The molecule has 172 valence electrons. The van der Waals surface area contributed by atoms with E-state index >= 15 is 0 Å². The third-order valence-electron chi connectivity index (χ3n) is 5.43. The zero-order chi connectivity index (χ0) is 23.4. The van der Waals surface area contributed by atoms with Crippen LogP contribution >= 0.6 is 0 Å². The summed E-state index contributed by atoms with van der Waals surface area (Å²) in [6.45, 7) is 0.0111. The zero-order valence-corrected chi connectivity index (χ0v) is 18.3. The maximum absolute atomic E-state index is 13.1. The first-order chi connectivity index (χ1) is 15.8. The molecule has 3 N–H and O–H groups in total. The maximum Gasteiger partial charge on any atom is 0.333 e. The smallest absolute Gasteiger partial charge is 0.333 e. The largest absolute Gasteiger partial charge is 0.460 e. The van der Waals surface area contributed by atoms with Gasteiger partial charge in [0.25, 0.3) is 0 Å². The van der Waals surface area contributed by atoms with Crippen molar-refractivity contribution < 1.29 is 26.6 Å². The number of rotatable bonds is 9. The highest BCUT2D eigenvalue weighted by molar-refractivity contribution is 7.84. The van der Waals surface area contributed by atoms with Gasteiger partial charge in [-0.2, -0.15) is 8.42 Å². The maximum atomic E-state index is 13.1. The summed E-state index contributed by atoms with van der Waals surface area (Å²) in [5.74, 6) is -0.367. The van der Waals surface area contributed by atoms with Gasteiger partial charge in [-0.1, -0.05) is 30.3 Å². The average Bonchev–Trinajstić information content (AvgIpc) is 3.47. The number of ketones is 2. The highest BCUT2D eigenvalue weighted by Crippen LogP contribution is 2.29. The van der Waals surface area contributed by atoms with E-state index < -0.39 is 16.1 Å². The summed E-state index contributed by atoms with van der Waals surface area (Å²) in [6.07, 6.45) is 6.07. The van der Waals surface area contributed by atoms with Crippen molar-refractivity contribution in [2.75, 3.05) is 11.9 Å². The van der Waals surface area contributed by atoms with Crippen molar-refractivity contribution in [1.29, 1.82) is 0 Å². The Morgan fingerprint density at radius 3 is 2.70 bits per heavy atom. The van der Waals surface area contributed by atoms with Crippen LogP contribution in [0.1, 0.15) is 51.3 Å². The minimum absolute atomic E-state index is 0.00187. The second-order valence-electron chi connectivity index (χ2n) is 7.81. The van der Waals surface area contributed by atoms with Crippen LogP contribution in [0.15, 0.2) is 59.6 Å². The van der Waals surface area contributed by atoms with Crippen molar-refractivity contribution >= 4 is 27.7 Å². The Labute approximate surface area is 190 Å². The Morgan fingerprint density at radius 1 is 1.15 bits per heavy atom. The second kappa shape index (κ2) is 9.61. The van der Waals surface area contributed by atoms with E-state index in [2.05, 4.69) is 19.5 Å². The van der Waals surface area contributed by atoms with Gasteiger partial charge in [0.2, 0.25) is 5.78 Å². The van der Waals surface area contributed by atoms with Crippen LogP contribution in [0.2, 0.25) is 0 Å². The van der Waals surface area contributed by atoms with Crippen LogP contribution < -0.4 is 10.5 Å². The number of hydrogen-bond donors (Lipinski definition) is 2. The lowest BCUT2D eigenvalue weighted by Gasteiger charge is -2.15. The Balaban J connectivity index is 1.45. The van der Waals surface area contributed by atoms with Crippen LogP contribution in [0.5, 0.6) is 0 Å². The molecule has 33 heavy (non-hydrogen) atoms. The number of benzene rings is 1. The van der Waals surface area contributed by atoms with Crippen molar-refractivity contribution in [2.45, 2.75) is 25.3 Å². The van der Waals surface area contributed by atoms with Gasteiger partial charge in [-0.15, -0.1) is 0 Å². The molecule has 1 aliphatic rings. The molecular formula is C22H22N4O6S. The van der Waals surface area contributed by atoms with E-state index in [1.165, 1.54) is 24.9 Å². The van der Waals surface area contributed by atoms with E-state index in [1.807, 2.05) is 6.07 Å². The average molecular weight is 471 g/mol. The van der Waals surface area contributed by atoms with E-state index in [0.717, 1.165) is 12.8 Å². The van der Waals surface area contributed by atoms with Gasteiger partial charge in [-0.25, -0.2) is 15.1 Å². The summed E-state index contributed by atoms with van der Waals surface area (Å²) in [6, 6.07) is 10.1. The summed E-state index contributed by atoms with van der Waals surface area (Å²) in [5, 5.41) is 8.11. The summed E-state index contributed by atoms with van der Waals surface area (Å²) in [4.78, 5) is 33.8. The lowest BCUT2D eigenvalue weighted by atomic mass is 10.0. The Kier molecular flexibility index (Phi) is 6.63. The van der Waals surface area contributed by atoms with Crippen molar-refractivity contribution in [3.63, 3.8) is 0 Å². The molecular weight excluding hydrogens is 448 g/mol. The number of carbonyl (C=O) groups is 2. The lowest BCUT2D eigenvalue weighted by molar-refractivity contribution is 0.101. The Hall–Kier alpha value is -3.41. The monoisotopic (exact) mass is 470 g/mol. The molecule has 1 aliphatic carbocycles. The number of nitrogens with zero attached hydrogens (tertiary/aromatic N) is 2. The van der Waals surface area contributed by atoms with E-state index in [1.54, 1.807) is 24.3 Å². The number of carbonyl (C=O) groups excluding carboxylic acids is 2. The molecule has 3 aromatic rings. The van der Waals surface area contributed by atoms with Gasteiger partial charge in [-0.3, -0.25) is 13.8 Å². The van der Waals surface area contributed by atoms with Crippen LogP contribution in [-0.4, -0.2) is 42.6 Å². The number of anilines is 1. The standard InChI is InChI=1S/C22H22N4O6S/c23-33(29,30)32-11-14-6-7-17(8-14)26-22-18(10-24-13-25-22)21(28)19-9-16(12-31-19)20(27)15-4-2-1-3-5-15/h1-5,9-10,12-14,17H,6-8,11H2,(H2,23,29,30)(H,24,25,26)/t14-,17+/m1/s1. The predicted octanol–water partition coefficient (Wildman–Crippen LogP) is 2.33. The first kappa shape index (κ1) is 22.8. The topological polar surface area (TPSA) is 154 Å². The van der Waals surface area contributed by atoms with Crippen molar-refractivity contribution in [2.24, 2.45) is 11.1 Å². The molecule has 0 saturated heterocycles. The predicted molar refractivity (Wildman–Crippen MR) is 118 cm³/mol. The minimum atomic E-state index is -3.98. The van der Waals surface area contributed by atoms with Crippen molar-refractivity contribution in [3.8, 4) is 0 Å². The third kappa shape index (κ3) is 5.69. The number of nitrogens with two attached hydrogens (primary N) is 1. The fourth-order valence-corrected chi connectivity index (χ4v) is 4.20. The molecule has 11 heteroatoms. The van der Waals surface area contributed by atoms with Gasteiger partial charge in [-0.05, 0) is 31.2 Å². The van der Waals surface area contributed by atoms with Crippen LogP contribution in [0, 0.1) is 5.92 Å². The fraction of sp³-hybridized carbons (Fsp3) is 0.273. The highest BCUT2D eigenvalue weighted by Gasteiger charge is 2.28. The molecule has 0 spiro atoms. The molecule has 1 fully saturated rings. The second-order valence-corrected chi connectivity index (χ2v) is 9.03. The van der Waals surface area contributed by atoms with Gasteiger partial charge < -0.3 is 9.73 Å². The molecule has 0 bridgehead atoms. The van der Waals surface area contributed by atoms with Gasteiger partial charge >= 0.3 is 10.3 Å². The van der Waals surface area contributed by atoms with E-state index in [0.29, 0.717) is 17.8 Å². The molecule has 10 nitrogen and oxygen atoms in total. The molecule has 0 unspecified atom stereocenters. The molecule has 2 aromatic heterocycles. The van der Waals surface area contributed by atoms with E-state index in [-0.39, 0.29) is 41.2 Å². The first-order valence-corrected chi connectivity index (χ1v) is 11.7. The molecule has 4 rings (SSSR count). The van der Waals surface area contributed by atoms with Crippen LogP contribution in [0.3, 0.4) is 0 Å². The quantitative estimate of drug-likeness (QED) is 0.448. The van der Waals surface area contributed by atoms with Gasteiger partial charge in [0.1, 0.15) is 18.4 Å². The number of nitrogens with one attached hydrogen (secondary N) is 1. The molecule has 2 atom stereocenters. The number of aromatic nitrogens is 2. The van der Waals surface area contributed by atoms with Crippen molar-refractivity contribution in [1.82, 2.24) is 9.97 Å². The Morgan fingerprint density at radius 2 is 1.94 bits per heavy atom. The summed E-state index contributed by atoms with van der Waals surface area (Å²) in [5.41, 5.74) is 0.962. The molecule has 1 aromatic carbocycles. The Bertz CT molecular complexity index is 1260. The number of hydrogen-bond acceptors (Lipinski definition) is 9. The molecule has 2 heterocycles. The normalized spacial score (nSPS) is 18.2. The van der Waals surface area contributed by atoms with Gasteiger partial charge in [0, 0.05) is 17.8 Å². The number of furan rings is 1. The zero-order valence-electron chi connectivity index (χ0n) is 17.5. The van der Waals surface area contributed by atoms with E-state index in [9.17, 15) is 18.0 Å². The first-order valence-electron chi connectivity index (χ1n) is 10.3. The molecule has 0 aliphatic heterocycles. The fourth-order valence-electron chi connectivity index (χ4n) is 3.82. The molecule has 0 radical (unpaired) electrons. The summed E-state index contributed by atoms with van der Waals surface area (Å²) in [7, 11) is -3.98. The summed E-state index contributed by atoms with van der Waals surface area (Å²) < 4.78 is 32.1. The molecule has 1 saturated carbocycles. The molecule has 0 amide bonds. The van der Waals surface area contributed by atoms with Crippen LogP contribution in [-0.2, 0) is 14.5 Å². The highest BCUT2D eigenvalue weighted by atomic mass is 32.2. The lowest BCUT2D eigenvalue weighted by Crippen LogP contribution is -2.22. The third-order valence-corrected chi connectivity index (χ3v) is 5.89. The van der Waals surface area contributed by atoms with Gasteiger partial charge in [0.05, 0.1) is 17.7 Å². The van der Waals surface area contributed by atoms with Crippen molar-refractivity contribution in [3.05, 3.63) is 77.6 Å². The van der Waals surface area contributed by atoms with Crippen LogP contribution in [0.25, 0.3) is 0 Å². The SMILES string of the molecule is NS(=O)(=O)OC[C@@H]1CC[C@H](Nc2ncncc2C(=O)c2cc(C(=O)c3ccccc3)co2)C1. The minimum Gasteiger partial charge on any atom is -0.460 e. The van der Waals surface area contributed by atoms with Gasteiger partial charge in [0.15, 0.2) is 11.5 Å². The van der Waals surface area contributed by atoms with E-state index in [4.69, 9.17) is 9.56 Å².